The predicted octanol–water partition coefficient (Wildman–Crippen LogP) is 3.97. The molecule has 0 amide bonds. The van der Waals surface area contributed by atoms with Crippen molar-refractivity contribution in [1.82, 2.24) is 14.8 Å². The number of rotatable bonds is 6. The van der Waals surface area contributed by atoms with Crippen LogP contribution in [0.25, 0.3) is 0 Å². The van der Waals surface area contributed by atoms with Gasteiger partial charge in [0.1, 0.15) is 10.9 Å². The van der Waals surface area contributed by atoms with Crippen molar-refractivity contribution in [2.24, 2.45) is 4.99 Å². The van der Waals surface area contributed by atoms with E-state index in [1.165, 1.54) is 0 Å². The molecule has 0 unspecified atom stereocenters. The predicted molar refractivity (Wildman–Crippen MR) is 109 cm³/mol. The highest BCUT2D eigenvalue weighted by atomic mass is 35.5. The molecule has 0 bridgehead atoms. The molecule has 1 aromatic rings. The van der Waals surface area contributed by atoms with Crippen molar-refractivity contribution < 1.29 is 4.92 Å². The standard InChI is InChI=1S/C17H22Cl3N5O2/c1-17(2,3)23(4)13(15(19)20)14(25(26)27)16-21-7-8-24(16)10-11-5-6-12(18)22-9-11/h5-6,9,15H,7-8,10H2,1-4H3. The molecule has 148 valence electrons. The van der Waals surface area contributed by atoms with Crippen molar-refractivity contribution in [3.8, 4) is 0 Å². The molecule has 0 saturated carbocycles. The van der Waals surface area contributed by atoms with Crippen LogP contribution >= 0.6 is 34.8 Å². The Kier molecular flexibility index (Phi) is 6.94. The molecule has 0 saturated heterocycles. The van der Waals surface area contributed by atoms with Crippen LogP contribution in [0.1, 0.15) is 26.3 Å². The van der Waals surface area contributed by atoms with E-state index < -0.39 is 15.3 Å². The van der Waals surface area contributed by atoms with Gasteiger partial charge in [-0.15, -0.1) is 0 Å². The summed E-state index contributed by atoms with van der Waals surface area (Å²) in [5.41, 5.74) is 0.496. The minimum atomic E-state index is -1.07. The Morgan fingerprint density at radius 3 is 2.56 bits per heavy atom. The van der Waals surface area contributed by atoms with Gasteiger partial charge in [-0.25, -0.2) is 4.98 Å². The van der Waals surface area contributed by atoms with Crippen LogP contribution in [0.5, 0.6) is 0 Å². The first-order chi connectivity index (χ1) is 12.5. The molecular formula is C17H22Cl3N5O2. The summed E-state index contributed by atoms with van der Waals surface area (Å²) in [6.07, 6.45) is 1.64. The largest absolute Gasteiger partial charge is 0.365 e. The van der Waals surface area contributed by atoms with Crippen LogP contribution in [0.4, 0.5) is 0 Å². The van der Waals surface area contributed by atoms with Gasteiger partial charge in [-0.2, -0.15) is 0 Å². The van der Waals surface area contributed by atoms with Crippen molar-refractivity contribution in [3.63, 3.8) is 0 Å². The number of aromatic nitrogens is 1. The first kappa shape index (κ1) is 21.7. The van der Waals surface area contributed by atoms with E-state index in [0.717, 1.165) is 5.56 Å². The highest BCUT2D eigenvalue weighted by Gasteiger charge is 2.38. The zero-order valence-electron chi connectivity index (χ0n) is 15.6. The highest BCUT2D eigenvalue weighted by Crippen LogP contribution is 2.30. The van der Waals surface area contributed by atoms with E-state index in [0.29, 0.717) is 24.8 Å². The quantitative estimate of drug-likeness (QED) is 0.293. The maximum Gasteiger partial charge on any atom is 0.332 e. The summed E-state index contributed by atoms with van der Waals surface area (Å²) in [5, 5.41) is 12.4. The summed E-state index contributed by atoms with van der Waals surface area (Å²) in [6, 6.07) is 3.51. The molecule has 1 aromatic heterocycles. The fraction of sp³-hybridized carbons (Fsp3) is 0.529. The van der Waals surface area contributed by atoms with Crippen LogP contribution in [0.15, 0.2) is 34.7 Å². The Morgan fingerprint density at radius 1 is 1.41 bits per heavy atom. The second-order valence-electron chi connectivity index (χ2n) is 7.14. The van der Waals surface area contributed by atoms with E-state index in [1.54, 1.807) is 24.2 Å². The molecule has 0 aromatic carbocycles. The number of aliphatic imine (C=N–C) groups is 1. The zero-order valence-corrected chi connectivity index (χ0v) is 17.9. The number of allylic oxidation sites excluding steroid dienone is 1. The van der Waals surface area contributed by atoms with E-state index >= 15 is 0 Å². The number of nitro groups is 1. The minimum Gasteiger partial charge on any atom is -0.365 e. The smallest absolute Gasteiger partial charge is 0.332 e. The van der Waals surface area contributed by atoms with Gasteiger partial charge in [0.25, 0.3) is 0 Å². The monoisotopic (exact) mass is 433 g/mol. The van der Waals surface area contributed by atoms with Gasteiger partial charge in [0.2, 0.25) is 5.84 Å². The number of amidine groups is 1. The van der Waals surface area contributed by atoms with Crippen molar-refractivity contribution >= 4 is 40.6 Å². The summed E-state index contributed by atoms with van der Waals surface area (Å²) in [5.74, 6) is 0.271. The number of halogens is 3. The Morgan fingerprint density at radius 2 is 2.07 bits per heavy atom. The zero-order chi connectivity index (χ0) is 20.4. The summed E-state index contributed by atoms with van der Waals surface area (Å²) >= 11 is 18.1. The van der Waals surface area contributed by atoms with Crippen LogP contribution in [0.3, 0.4) is 0 Å². The number of alkyl halides is 2. The van der Waals surface area contributed by atoms with Gasteiger partial charge in [-0.05, 0) is 32.4 Å². The lowest BCUT2D eigenvalue weighted by molar-refractivity contribution is -0.418. The van der Waals surface area contributed by atoms with Gasteiger partial charge in [0.15, 0.2) is 4.84 Å². The van der Waals surface area contributed by atoms with Gasteiger partial charge in [0.05, 0.1) is 11.5 Å². The molecule has 1 aliphatic heterocycles. The molecular weight excluding hydrogens is 413 g/mol. The summed E-state index contributed by atoms with van der Waals surface area (Å²) in [6.45, 7) is 7.20. The van der Waals surface area contributed by atoms with Crippen LogP contribution < -0.4 is 0 Å². The number of hydrogen-bond acceptors (Lipinski definition) is 6. The van der Waals surface area contributed by atoms with Crippen LogP contribution in [0, 0.1) is 10.1 Å². The lowest BCUT2D eigenvalue weighted by Crippen LogP contribution is -2.42. The lowest BCUT2D eigenvalue weighted by atomic mass is 10.1. The lowest BCUT2D eigenvalue weighted by Gasteiger charge is -2.36. The molecule has 0 spiro atoms. The van der Waals surface area contributed by atoms with E-state index in [4.69, 9.17) is 34.8 Å². The summed E-state index contributed by atoms with van der Waals surface area (Å²) in [4.78, 5) is 22.4. The average molecular weight is 435 g/mol. The number of hydrogen-bond donors (Lipinski definition) is 0. The molecule has 10 heteroatoms. The van der Waals surface area contributed by atoms with E-state index in [1.807, 2.05) is 31.7 Å². The second kappa shape index (κ2) is 8.63. The van der Waals surface area contributed by atoms with Gasteiger partial charge in [-0.3, -0.25) is 15.1 Å². The normalized spacial score (nSPS) is 15.7. The van der Waals surface area contributed by atoms with E-state index in [2.05, 4.69) is 9.98 Å². The minimum absolute atomic E-state index is 0.179. The van der Waals surface area contributed by atoms with E-state index in [-0.39, 0.29) is 17.2 Å². The SMILES string of the molecule is CN(C(=C(C1=NCCN1Cc1ccc(Cl)nc1)[N+](=O)[O-])C(Cl)Cl)C(C)(C)C. The maximum absolute atomic E-state index is 12.0. The topological polar surface area (TPSA) is 74.9 Å². The third-order valence-corrected chi connectivity index (χ3v) is 4.94. The Labute approximate surface area is 173 Å². The van der Waals surface area contributed by atoms with Gasteiger partial charge in [-0.1, -0.05) is 40.9 Å². The third kappa shape index (κ3) is 5.24. The third-order valence-electron chi connectivity index (χ3n) is 4.30. The van der Waals surface area contributed by atoms with Gasteiger partial charge in [0, 0.05) is 31.9 Å². The Bertz CT molecular complexity index is 757. The number of pyridine rings is 1. The van der Waals surface area contributed by atoms with Crippen LogP contribution in [-0.2, 0) is 6.54 Å². The Hall–Kier alpha value is -1.57. The van der Waals surface area contributed by atoms with E-state index in [9.17, 15) is 10.1 Å². The molecule has 7 nitrogen and oxygen atoms in total. The maximum atomic E-state index is 12.0. The van der Waals surface area contributed by atoms with Crippen molar-refractivity contribution in [2.75, 3.05) is 20.1 Å². The molecule has 2 rings (SSSR count). The Balaban J connectivity index is 2.46. The van der Waals surface area contributed by atoms with Crippen LogP contribution in [0.2, 0.25) is 5.15 Å². The van der Waals surface area contributed by atoms with Crippen LogP contribution in [-0.4, -0.2) is 56.1 Å². The first-order valence-corrected chi connectivity index (χ1v) is 9.58. The summed E-state index contributed by atoms with van der Waals surface area (Å²) < 4.78 is 0. The number of nitrogens with zero attached hydrogens (tertiary/aromatic N) is 5. The molecule has 0 fully saturated rings. The highest BCUT2D eigenvalue weighted by molar-refractivity contribution is 6.46. The molecule has 0 radical (unpaired) electrons. The molecule has 2 heterocycles. The fourth-order valence-electron chi connectivity index (χ4n) is 2.64. The first-order valence-electron chi connectivity index (χ1n) is 8.33. The molecule has 0 aliphatic carbocycles. The van der Waals surface area contributed by atoms with Gasteiger partial charge >= 0.3 is 5.70 Å². The van der Waals surface area contributed by atoms with Crippen molar-refractivity contribution in [3.05, 3.63) is 50.6 Å². The van der Waals surface area contributed by atoms with Crippen molar-refractivity contribution in [1.29, 1.82) is 0 Å². The second-order valence-corrected chi connectivity index (χ2v) is 8.62. The average Bonchev–Trinajstić information content (AvgIpc) is 3.00. The fourth-order valence-corrected chi connectivity index (χ4v) is 3.25. The molecule has 27 heavy (non-hydrogen) atoms. The summed E-state index contributed by atoms with van der Waals surface area (Å²) in [7, 11) is 1.74. The molecule has 1 aliphatic rings. The van der Waals surface area contributed by atoms with Crippen molar-refractivity contribution in [2.45, 2.75) is 37.7 Å². The van der Waals surface area contributed by atoms with Gasteiger partial charge < -0.3 is 9.80 Å². The molecule has 0 N–H and O–H groups in total. The molecule has 0 atom stereocenters.